The van der Waals surface area contributed by atoms with E-state index < -0.39 is 15.8 Å². The molecule has 1 N–H and O–H groups in total. The molecular formula is C18H26FN3O4S. The molecule has 0 spiro atoms. The molecule has 2 aliphatic rings. The number of sulfonamides is 1. The summed E-state index contributed by atoms with van der Waals surface area (Å²) >= 11 is 0. The van der Waals surface area contributed by atoms with E-state index in [0.717, 1.165) is 44.8 Å². The molecule has 3 rings (SSSR count). The van der Waals surface area contributed by atoms with Gasteiger partial charge in [-0.3, -0.25) is 4.79 Å². The lowest BCUT2D eigenvalue weighted by Crippen LogP contribution is -2.50. The second-order valence-electron chi connectivity index (χ2n) is 7.13. The van der Waals surface area contributed by atoms with E-state index in [1.807, 2.05) is 7.05 Å². The number of hydrogen-bond acceptors (Lipinski definition) is 5. The second kappa shape index (κ2) is 8.53. The summed E-state index contributed by atoms with van der Waals surface area (Å²) in [5.41, 5.74) is 0. The summed E-state index contributed by atoms with van der Waals surface area (Å²) in [6.07, 6.45) is 3.88. The molecule has 1 aromatic carbocycles. The SMILES string of the molecule is CN1CCN(C(=O)CNS(=O)(=O)c2ccc(OC3CCCC3)c(F)c2)CC1. The molecule has 7 nitrogen and oxygen atoms in total. The van der Waals surface area contributed by atoms with Gasteiger partial charge in [0, 0.05) is 26.2 Å². The van der Waals surface area contributed by atoms with Gasteiger partial charge in [0.2, 0.25) is 15.9 Å². The first-order chi connectivity index (χ1) is 12.8. The van der Waals surface area contributed by atoms with Crippen molar-refractivity contribution < 1.29 is 22.3 Å². The van der Waals surface area contributed by atoms with Gasteiger partial charge in [0.15, 0.2) is 11.6 Å². The first kappa shape index (κ1) is 20.0. The molecule has 150 valence electrons. The number of amides is 1. The molecular weight excluding hydrogens is 373 g/mol. The smallest absolute Gasteiger partial charge is 0.241 e. The average Bonchev–Trinajstić information content (AvgIpc) is 3.15. The molecule has 0 radical (unpaired) electrons. The van der Waals surface area contributed by atoms with Crippen molar-refractivity contribution in [2.75, 3.05) is 39.8 Å². The van der Waals surface area contributed by atoms with Crippen molar-refractivity contribution in [2.45, 2.75) is 36.7 Å². The first-order valence-corrected chi connectivity index (χ1v) is 10.8. The molecule has 27 heavy (non-hydrogen) atoms. The highest BCUT2D eigenvalue weighted by atomic mass is 32.2. The Labute approximate surface area is 159 Å². The molecule has 1 aromatic rings. The predicted octanol–water partition coefficient (Wildman–Crippen LogP) is 1.20. The first-order valence-electron chi connectivity index (χ1n) is 9.27. The van der Waals surface area contributed by atoms with E-state index in [2.05, 4.69) is 9.62 Å². The Kier molecular flexibility index (Phi) is 6.33. The third kappa shape index (κ3) is 5.18. The second-order valence-corrected chi connectivity index (χ2v) is 8.89. The number of ether oxygens (including phenoxy) is 1. The summed E-state index contributed by atoms with van der Waals surface area (Å²) in [5, 5.41) is 0. The van der Waals surface area contributed by atoms with Crippen LogP contribution in [0.3, 0.4) is 0 Å². The molecule has 9 heteroatoms. The molecule has 0 atom stereocenters. The van der Waals surface area contributed by atoms with Crippen LogP contribution in [0.4, 0.5) is 4.39 Å². The van der Waals surface area contributed by atoms with Crippen LogP contribution in [0.15, 0.2) is 23.1 Å². The predicted molar refractivity (Wildman–Crippen MR) is 98.5 cm³/mol. The lowest BCUT2D eigenvalue weighted by molar-refractivity contribution is -0.131. The fourth-order valence-electron chi connectivity index (χ4n) is 3.34. The van der Waals surface area contributed by atoms with Crippen molar-refractivity contribution in [2.24, 2.45) is 0 Å². The Morgan fingerprint density at radius 3 is 2.52 bits per heavy atom. The quantitative estimate of drug-likeness (QED) is 0.778. The van der Waals surface area contributed by atoms with Gasteiger partial charge in [0.25, 0.3) is 0 Å². The minimum absolute atomic E-state index is 0.0127. The van der Waals surface area contributed by atoms with Gasteiger partial charge in [-0.1, -0.05) is 0 Å². The van der Waals surface area contributed by atoms with Crippen LogP contribution in [0.25, 0.3) is 0 Å². The zero-order valence-electron chi connectivity index (χ0n) is 15.5. The van der Waals surface area contributed by atoms with E-state index in [4.69, 9.17) is 4.74 Å². The molecule has 1 aliphatic carbocycles. The van der Waals surface area contributed by atoms with Crippen molar-refractivity contribution in [1.29, 1.82) is 0 Å². The van der Waals surface area contributed by atoms with E-state index in [-0.39, 0.29) is 29.2 Å². The molecule has 0 aromatic heterocycles. The van der Waals surface area contributed by atoms with Crippen LogP contribution < -0.4 is 9.46 Å². The van der Waals surface area contributed by atoms with Crippen molar-refractivity contribution in [3.05, 3.63) is 24.0 Å². The molecule has 1 saturated heterocycles. The van der Waals surface area contributed by atoms with Gasteiger partial charge in [0.05, 0.1) is 17.5 Å². The maximum Gasteiger partial charge on any atom is 0.241 e. The molecule has 0 unspecified atom stereocenters. The highest BCUT2D eigenvalue weighted by Crippen LogP contribution is 2.27. The lowest BCUT2D eigenvalue weighted by atomic mass is 10.3. The van der Waals surface area contributed by atoms with E-state index >= 15 is 0 Å². The van der Waals surface area contributed by atoms with E-state index in [1.165, 1.54) is 12.1 Å². The van der Waals surface area contributed by atoms with Crippen molar-refractivity contribution >= 4 is 15.9 Å². The van der Waals surface area contributed by atoms with Crippen LogP contribution in [0.5, 0.6) is 5.75 Å². The summed E-state index contributed by atoms with van der Waals surface area (Å²) in [5.74, 6) is -0.933. The summed E-state index contributed by atoms with van der Waals surface area (Å²) < 4.78 is 46.9. The summed E-state index contributed by atoms with van der Waals surface area (Å²) in [6, 6.07) is 3.58. The van der Waals surface area contributed by atoms with Crippen molar-refractivity contribution in [1.82, 2.24) is 14.5 Å². The minimum atomic E-state index is -3.97. The summed E-state index contributed by atoms with van der Waals surface area (Å²) in [4.78, 5) is 15.7. The highest BCUT2D eigenvalue weighted by Gasteiger charge is 2.23. The zero-order valence-corrected chi connectivity index (χ0v) is 16.3. The largest absolute Gasteiger partial charge is 0.487 e. The maximum absolute atomic E-state index is 14.3. The molecule has 0 bridgehead atoms. The third-order valence-corrected chi connectivity index (χ3v) is 6.48. The number of halogens is 1. The minimum Gasteiger partial charge on any atom is -0.487 e. The fraction of sp³-hybridized carbons (Fsp3) is 0.611. The van der Waals surface area contributed by atoms with Crippen LogP contribution in [-0.4, -0.2) is 70.0 Å². The normalized spacial score (nSPS) is 19.4. The van der Waals surface area contributed by atoms with Crippen LogP contribution in [0, 0.1) is 5.82 Å². The molecule has 1 heterocycles. The monoisotopic (exact) mass is 399 g/mol. The van der Waals surface area contributed by atoms with Crippen molar-refractivity contribution in [3.8, 4) is 5.75 Å². The number of carbonyl (C=O) groups excluding carboxylic acids is 1. The van der Waals surface area contributed by atoms with Crippen LogP contribution in [0.1, 0.15) is 25.7 Å². The molecule has 1 aliphatic heterocycles. The standard InChI is InChI=1S/C18H26FN3O4S/c1-21-8-10-22(11-9-21)18(23)13-20-27(24,25)15-6-7-17(16(19)12-15)26-14-4-2-3-5-14/h6-7,12,14,20H,2-5,8-11,13H2,1H3. The van der Waals surface area contributed by atoms with E-state index in [9.17, 15) is 17.6 Å². The Bertz CT molecular complexity index is 773. The van der Waals surface area contributed by atoms with E-state index in [0.29, 0.717) is 13.1 Å². The van der Waals surface area contributed by atoms with Gasteiger partial charge >= 0.3 is 0 Å². The topological polar surface area (TPSA) is 79.0 Å². The number of nitrogens with zero attached hydrogens (tertiary/aromatic N) is 2. The fourth-order valence-corrected chi connectivity index (χ4v) is 4.32. The number of nitrogens with one attached hydrogen (secondary N) is 1. The van der Waals surface area contributed by atoms with Crippen LogP contribution in [-0.2, 0) is 14.8 Å². The van der Waals surface area contributed by atoms with Crippen LogP contribution in [0.2, 0.25) is 0 Å². The highest BCUT2D eigenvalue weighted by molar-refractivity contribution is 7.89. The number of hydrogen-bond donors (Lipinski definition) is 1. The number of carbonyl (C=O) groups is 1. The van der Waals surface area contributed by atoms with Gasteiger partial charge in [-0.05, 0) is 50.9 Å². The maximum atomic E-state index is 14.3. The lowest BCUT2D eigenvalue weighted by Gasteiger charge is -2.32. The average molecular weight is 399 g/mol. The van der Waals surface area contributed by atoms with Crippen molar-refractivity contribution in [3.63, 3.8) is 0 Å². The molecule has 1 saturated carbocycles. The summed E-state index contributed by atoms with van der Waals surface area (Å²) in [7, 11) is -2.00. The Hall–Kier alpha value is -1.71. The zero-order chi connectivity index (χ0) is 19.4. The van der Waals surface area contributed by atoms with Gasteiger partial charge in [-0.2, -0.15) is 0 Å². The Balaban J connectivity index is 1.59. The third-order valence-electron chi connectivity index (χ3n) is 5.08. The molecule has 2 fully saturated rings. The van der Waals surface area contributed by atoms with Gasteiger partial charge < -0.3 is 14.5 Å². The Morgan fingerprint density at radius 2 is 1.89 bits per heavy atom. The number of rotatable bonds is 6. The van der Waals surface area contributed by atoms with Gasteiger partial charge in [-0.25, -0.2) is 17.5 Å². The molecule has 1 amide bonds. The van der Waals surface area contributed by atoms with E-state index in [1.54, 1.807) is 4.90 Å². The number of likely N-dealkylation sites (N-methyl/N-ethyl adjacent to an activating group) is 1. The summed E-state index contributed by atoms with van der Waals surface area (Å²) in [6.45, 7) is 2.31. The van der Waals surface area contributed by atoms with Crippen LogP contribution >= 0.6 is 0 Å². The Morgan fingerprint density at radius 1 is 1.22 bits per heavy atom. The van der Waals surface area contributed by atoms with Gasteiger partial charge in [0.1, 0.15) is 0 Å². The number of piperazine rings is 1. The van der Waals surface area contributed by atoms with Gasteiger partial charge in [-0.15, -0.1) is 0 Å². The number of benzene rings is 1.